The van der Waals surface area contributed by atoms with Crippen molar-refractivity contribution < 1.29 is 4.42 Å². The number of furan rings is 1. The number of hydrogen-bond donors (Lipinski definition) is 2. The third kappa shape index (κ3) is 1.70. The average molecular weight is 243 g/mol. The van der Waals surface area contributed by atoms with Crippen molar-refractivity contribution in [3.63, 3.8) is 0 Å². The minimum absolute atomic E-state index is 0.323. The summed E-state index contributed by atoms with van der Waals surface area (Å²) in [5.74, 6) is 1.21. The fourth-order valence-electron chi connectivity index (χ4n) is 1.70. The van der Waals surface area contributed by atoms with Gasteiger partial charge in [-0.1, -0.05) is 30.3 Å². The minimum Gasteiger partial charge on any atom is -0.437 e. The van der Waals surface area contributed by atoms with Crippen molar-refractivity contribution in [2.45, 2.75) is 0 Å². The van der Waals surface area contributed by atoms with Gasteiger partial charge in [-0.2, -0.15) is 4.98 Å². The second kappa shape index (κ2) is 3.71. The number of nitrogens with zero attached hydrogens (tertiary/aromatic N) is 1. The molecule has 0 bridgehead atoms. The lowest BCUT2D eigenvalue weighted by molar-refractivity contribution is 0.617. The van der Waals surface area contributed by atoms with Gasteiger partial charge in [-0.05, 0) is 18.3 Å². The quantitative estimate of drug-likeness (QED) is 0.644. The number of rotatable bonds is 1. The number of nitrogens with two attached hydrogens (primary N) is 1. The summed E-state index contributed by atoms with van der Waals surface area (Å²) in [4.78, 5) is 6.89. The number of nitrogens with one attached hydrogen (secondary N) is 1. The van der Waals surface area contributed by atoms with E-state index >= 15 is 0 Å². The number of nitrogen functional groups attached to an aromatic ring is 1. The van der Waals surface area contributed by atoms with Crippen LogP contribution < -0.4 is 5.73 Å². The molecule has 0 aliphatic carbocycles. The van der Waals surface area contributed by atoms with Gasteiger partial charge in [0.25, 0.3) is 0 Å². The van der Waals surface area contributed by atoms with Crippen LogP contribution in [0.1, 0.15) is 0 Å². The fraction of sp³-hybridized carbons (Fsp3) is 0. The monoisotopic (exact) mass is 243 g/mol. The minimum atomic E-state index is 0.323. The van der Waals surface area contributed by atoms with E-state index in [1.165, 1.54) is 0 Å². The van der Waals surface area contributed by atoms with Gasteiger partial charge in [0, 0.05) is 5.56 Å². The van der Waals surface area contributed by atoms with E-state index in [4.69, 9.17) is 22.4 Å². The first kappa shape index (κ1) is 10.0. The highest BCUT2D eigenvalue weighted by Gasteiger charge is 2.09. The molecule has 0 aliphatic heterocycles. The molecule has 0 saturated heterocycles. The fourth-order valence-corrected chi connectivity index (χ4v) is 1.90. The number of benzene rings is 1. The van der Waals surface area contributed by atoms with Crippen LogP contribution in [0.25, 0.3) is 22.4 Å². The molecular weight excluding hydrogens is 234 g/mol. The van der Waals surface area contributed by atoms with Gasteiger partial charge >= 0.3 is 0 Å². The second-order valence-electron chi connectivity index (χ2n) is 3.65. The number of aromatic nitrogens is 2. The first-order valence-electron chi connectivity index (χ1n) is 5.09. The molecule has 0 unspecified atom stereocenters. The molecule has 0 saturated carbocycles. The highest BCUT2D eigenvalue weighted by atomic mass is 32.1. The zero-order valence-electron chi connectivity index (χ0n) is 8.81. The zero-order valence-corrected chi connectivity index (χ0v) is 9.62. The Kier molecular flexibility index (Phi) is 2.19. The Balaban J connectivity index is 2.27. The summed E-state index contributed by atoms with van der Waals surface area (Å²) in [6, 6.07) is 11.6. The molecule has 0 spiro atoms. The molecule has 0 radical (unpaired) electrons. The number of hydrogen-bond acceptors (Lipinski definition) is 4. The van der Waals surface area contributed by atoms with Gasteiger partial charge in [-0.15, -0.1) is 0 Å². The average Bonchev–Trinajstić information content (AvgIpc) is 2.74. The highest BCUT2D eigenvalue weighted by molar-refractivity contribution is 7.71. The van der Waals surface area contributed by atoms with E-state index in [0.29, 0.717) is 16.3 Å². The van der Waals surface area contributed by atoms with Crippen molar-refractivity contribution in [1.29, 1.82) is 0 Å². The molecular formula is C12H9N3OS. The van der Waals surface area contributed by atoms with Gasteiger partial charge < -0.3 is 15.1 Å². The molecule has 3 N–H and O–H groups in total. The molecule has 3 rings (SSSR count). The molecule has 5 heteroatoms. The Morgan fingerprint density at radius 1 is 1.24 bits per heavy atom. The van der Waals surface area contributed by atoms with Crippen LogP contribution in [-0.4, -0.2) is 9.97 Å². The second-order valence-corrected chi connectivity index (χ2v) is 4.04. The molecule has 4 nitrogen and oxygen atoms in total. The van der Waals surface area contributed by atoms with Crippen molar-refractivity contribution in [2.75, 3.05) is 5.73 Å². The van der Waals surface area contributed by atoms with Crippen molar-refractivity contribution in [2.24, 2.45) is 0 Å². The normalized spacial score (nSPS) is 10.8. The van der Waals surface area contributed by atoms with Gasteiger partial charge in [0.1, 0.15) is 11.6 Å². The molecule has 0 atom stereocenters. The molecule has 0 aliphatic rings. The molecule has 1 aromatic carbocycles. The maximum absolute atomic E-state index is 5.83. The van der Waals surface area contributed by atoms with E-state index < -0.39 is 0 Å². The Hall–Kier alpha value is -2.14. The molecule has 84 valence electrons. The van der Waals surface area contributed by atoms with E-state index in [0.717, 1.165) is 16.7 Å². The summed E-state index contributed by atoms with van der Waals surface area (Å²) in [5.41, 5.74) is 7.27. The summed E-state index contributed by atoms with van der Waals surface area (Å²) >= 11 is 4.95. The van der Waals surface area contributed by atoms with Gasteiger partial charge in [-0.25, -0.2) is 0 Å². The number of fused-ring (bicyclic) bond motifs is 1. The summed E-state index contributed by atoms with van der Waals surface area (Å²) in [5, 5.41) is 0.748. The van der Waals surface area contributed by atoms with Crippen LogP contribution in [0.15, 0.2) is 40.8 Å². The van der Waals surface area contributed by atoms with Gasteiger partial charge in [0.05, 0.1) is 5.39 Å². The molecule has 17 heavy (non-hydrogen) atoms. The number of H-pyrrole nitrogens is 1. The zero-order chi connectivity index (χ0) is 11.8. The number of anilines is 1. The SMILES string of the molecule is Nc1[nH]c(=S)nc2oc(-c3ccccc3)cc12. The molecule has 2 aromatic heterocycles. The largest absolute Gasteiger partial charge is 0.437 e. The lowest BCUT2D eigenvalue weighted by Gasteiger charge is -1.93. The maximum Gasteiger partial charge on any atom is 0.233 e. The van der Waals surface area contributed by atoms with Gasteiger partial charge in [0.15, 0.2) is 0 Å². The maximum atomic E-state index is 5.83. The molecule has 0 amide bonds. The molecule has 3 aromatic rings. The summed E-state index contributed by atoms with van der Waals surface area (Å²) < 4.78 is 5.96. The predicted molar refractivity (Wildman–Crippen MR) is 69.0 cm³/mol. The Bertz CT molecular complexity index is 730. The Morgan fingerprint density at radius 2 is 2.00 bits per heavy atom. The third-order valence-corrected chi connectivity index (χ3v) is 2.70. The van der Waals surface area contributed by atoms with Crippen molar-refractivity contribution >= 4 is 29.1 Å². The van der Waals surface area contributed by atoms with E-state index in [1.54, 1.807) is 0 Å². The Labute approximate surface area is 102 Å². The lowest BCUT2D eigenvalue weighted by Crippen LogP contribution is -1.92. The van der Waals surface area contributed by atoms with Crippen LogP contribution in [-0.2, 0) is 0 Å². The van der Waals surface area contributed by atoms with Crippen LogP contribution in [0, 0.1) is 4.77 Å². The van der Waals surface area contributed by atoms with Crippen molar-refractivity contribution in [1.82, 2.24) is 9.97 Å². The lowest BCUT2D eigenvalue weighted by atomic mass is 10.2. The smallest absolute Gasteiger partial charge is 0.233 e. The van der Waals surface area contributed by atoms with E-state index in [1.807, 2.05) is 36.4 Å². The standard InChI is InChI=1S/C12H9N3OS/c13-10-8-6-9(7-4-2-1-3-5-7)16-11(8)15-12(17)14-10/h1-6H,(H3,13,14,15,17). The Morgan fingerprint density at radius 3 is 2.76 bits per heavy atom. The topological polar surface area (TPSA) is 67.8 Å². The summed E-state index contributed by atoms with van der Waals surface area (Å²) in [6.07, 6.45) is 0. The number of aromatic amines is 1. The summed E-state index contributed by atoms with van der Waals surface area (Å²) in [7, 11) is 0. The highest BCUT2D eigenvalue weighted by Crippen LogP contribution is 2.28. The predicted octanol–water partition coefficient (Wildman–Crippen LogP) is 3.13. The molecule has 0 fully saturated rings. The van der Waals surface area contributed by atoms with Crippen molar-refractivity contribution in [3.05, 3.63) is 41.2 Å². The molecule has 2 heterocycles. The van der Waals surface area contributed by atoms with Gasteiger partial charge in [-0.3, -0.25) is 0 Å². The van der Waals surface area contributed by atoms with E-state index in [9.17, 15) is 0 Å². The first-order valence-corrected chi connectivity index (χ1v) is 5.49. The van der Waals surface area contributed by atoms with E-state index in [-0.39, 0.29) is 0 Å². The van der Waals surface area contributed by atoms with Gasteiger partial charge in [0.2, 0.25) is 10.5 Å². The van der Waals surface area contributed by atoms with Crippen molar-refractivity contribution in [3.8, 4) is 11.3 Å². The van der Waals surface area contributed by atoms with Crippen LogP contribution >= 0.6 is 12.2 Å². The van der Waals surface area contributed by atoms with E-state index in [2.05, 4.69) is 9.97 Å². The third-order valence-electron chi connectivity index (χ3n) is 2.51. The first-order chi connectivity index (χ1) is 8.24. The van der Waals surface area contributed by atoms with Crippen LogP contribution in [0.4, 0.5) is 5.82 Å². The summed E-state index contributed by atoms with van der Waals surface area (Å²) in [6.45, 7) is 0. The van der Waals surface area contributed by atoms with Crippen LogP contribution in [0.5, 0.6) is 0 Å². The van der Waals surface area contributed by atoms with Crippen LogP contribution in [0.2, 0.25) is 0 Å². The van der Waals surface area contributed by atoms with Crippen LogP contribution in [0.3, 0.4) is 0 Å².